The fourth-order valence-corrected chi connectivity index (χ4v) is 5.57. The lowest BCUT2D eigenvalue weighted by atomic mass is 9.70. The van der Waals surface area contributed by atoms with Gasteiger partial charge in [-0.05, 0) is 72.9 Å². The number of aliphatic carboxylic acids is 1. The second-order valence-corrected chi connectivity index (χ2v) is 10.4. The van der Waals surface area contributed by atoms with E-state index in [1.54, 1.807) is 31.4 Å². The molecule has 35 heavy (non-hydrogen) atoms. The number of aromatic nitrogens is 2. The molecule has 0 radical (unpaired) electrons. The van der Waals surface area contributed by atoms with Crippen LogP contribution < -0.4 is 10.1 Å². The summed E-state index contributed by atoms with van der Waals surface area (Å²) in [6.07, 6.45) is 3.55. The molecule has 0 spiro atoms. The summed E-state index contributed by atoms with van der Waals surface area (Å²) in [7, 11) is 1.60. The first kappa shape index (κ1) is 24.6. The molecule has 0 bridgehead atoms. The van der Waals surface area contributed by atoms with Crippen molar-refractivity contribution in [1.29, 1.82) is 0 Å². The van der Waals surface area contributed by atoms with Crippen LogP contribution in [0.5, 0.6) is 5.75 Å². The van der Waals surface area contributed by atoms with Gasteiger partial charge in [0.15, 0.2) is 0 Å². The number of rotatable bonds is 8. The maximum Gasteiger partial charge on any atom is 0.335 e. The van der Waals surface area contributed by atoms with Crippen LogP contribution in [0.25, 0.3) is 11.0 Å². The molecule has 186 valence electrons. The Kier molecular flexibility index (Phi) is 6.74. The number of carboxylic acids is 2. The van der Waals surface area contributed by atoms with Crippen molar-refractivity contribution in [3.63, 3.8) is 0 Å². The monoisotopic (exact) mass is 479 g/mol. The van der Waals surface area contributed by atoms with Gasteiger partial charge in [-0.25, -0.2) is 9.78 Å². The van der Waals surface area contributed by atoms with Gasteiger partial charge in [0.1, 0.15) is 5.75 Å². The highest BCUT2D eigenvalue weighted by Gasteiger charge is 2.35. The highest BCUT2D eigenvalue weighted by Crippen LogP contribution is 2.46. The minimum atomic E-state index is -0.969. The molecular weight excluding hydrogens is 446 g/mol. The van der Waals surface area contributed by atoms with Gasteiger partial charge < -0.3 is 24.8 Å². The van der Waals surface area contributed by atoms with E-state index < -0.39 is 11.9 Å². The minimum Gasteiger partial charge on any atom is -0.496 e. The summed E-state index contributed by atoms with van der Waals surface area (Å²) < 4.78 is 7.88. The predicted molar refractivity (Wildman–Crippen MR) is 135 cm³/mol. The van der Waals surface area contributed by atoms with Crippen LogP contribution in [0.2, 0.25) is 0 Å². The Bertz CT molecular complexity index is 1250. The molecule has 8 nitrogen and oxygen atoms in total. The fourth-order valence-electron chi connectivity index (χ4n) is 5.57. The Morgan fingerprint density at radius 3 is 2.49 bits per heavy atom. The van der Waals surface area contributed by atoms with E-state index in [1.165, 1.54) is 0 Å². The molecule has 3 N–H and O–H groups in total. The van der Waals surface area contributed by atoms with Crippen LogP contribution >= 0.6 is 0 Å². The molecule has 3 aromatic rings. The van der Waals surface area contributed by atoms with E-state index >= 15 is 0 Å². The second kappa shape index (κ2) is 9.60. The lowest BCUT2D eigenvalue weighted by Crippen LogP contribution is -2.29. The number of hydrogen-bond donors (Lipinski definition) is 3. The van der Waals surface area contributed by atoms with Gasteiger partial charge in [-0.1, -0.05) is 20.8 Å². The van der Waals surface area contributed by atoms with Crippen molar-refractivity contribution in [3.05, 3.63) is 47.5 Å². The molecular formula is C27H33N3O5. The number of nitrogens with one attached hydrogen (secondary N) is 1. The molecule has 1 saturated carbocycles. The zero-order valence-corrected chi connectivity index (χ0v) is 20.7. The van der Waals surface area contributed by atoms with Crippen LogP contribution in [0.4, 0.5) is 11.6 Å². The number of ether oxygens (including phenoxy) is 1. The number of aryl methyl sites for hydroxylation is 1. The van der Waals surface area contributed by atoms with Crippen molar-refractivity contribution in [1.82, 2.24) is 9.55 Å². The predicted octanol–water partition coefficient (Wildman–Crippen LogP) is 5.89. The van der Waals surface area contributed by atoms with Crippen LogP contribution in [-0.4, -0.2) is 38.8 Å². The number of carbonyl (C=O) groups is 2. The van der Waals surface area contributed by atoms with Crippen LogP contribution in [0.1, 0.15) is 68.4 Å². The first-order valence-corrected chi connectivity index (χ1v) is 12.0. The fraction of sp³-hybridized carbons (Fsp3) is 0.444. The van der Waals surface area contributed by atoms with Gasteiger partial charge in [0, 0.05) is 24.2 Å². The molecule has 2 aromatic carbocycles. The van der Waals surface area contributed by atoms with E-state index in [0.717, 1.165) is 41.5 Å². The zero-order chi connectivity index (χ0) is 25.3. The maximum atomic E-state index is 11.2. The highest BCUT2D eigenvalue weighted by molar-refractivity contribution is 5.88. The topological polar surface area (TPSA) is 114 Å². The molecule has 0 aliphatic heterocycles. The van der Waals surface area contributed by atoms with Crippen molar-refractivity contribution in [2.24, 2.45) is 11.3 Å². The lowest BCUT2D eigenvalue weighted by Gasteiger charge is -2.40. The standard InChI is InChI=1S/C27H33N3O5/c1-16-11-20(15-27(2,3)14-16)30-22-13-23(35-4)18(7-10-24(31)32)12-21(22)29-26(30)28-19-8-5-17(6-9-19)25(33)34/h5-6,8-9,12-13,16,20H,7,10-11,14-15H2,1-4H3,(H,28,29)(H,31,32)(H,33,34)/t16-,20+/m1/s1. The number of nitrogens with zero attached hydrogens (tertiary/aromatic N) is 2. The number of carboxylic acid groups (broad SMARTS) is 2. The van der Waals surface area contributed by atoms with Crippen molar-refractivity contribution in [2.75, 3.05) is 12.4 Å². The summed E-state index contributed by atoms with van der Waals surface area (Å²) in [5, 5.41) is 21.8. The van der Waals surface area contributed by atoms with Crippen LogP contribution in [0.15, 0.2) is 36.4 Å². The Labute approximate surface area is 204 Å². The highest BCUT2D eigenvalue weighted by atomic mass is 16.5. The van der Waals surface area contributed by atoms with E-state index in [1.807, 2.05) is 12.1 Å². The normalized spacial score (nSPS) is 19.4. The first-order chi connectivity index (χ1) is 16.6. The van der Waals surface area contributed by atoms with Gasteiger partial charge in [-0.2, -0.15) is 0 Å². The zero-order valence-electron chi connectivity index (χ0n) is 20.7. The third-order valence-electron chi connectivity index (χ3n) is 6.82. The molecule has 4 rings (SSSR count). The number of anilines is 2. The summed E-state index contributed by atoms with van der Waals surface area (Å²) in [6.45, 7) is 6.89. The van der Waals surface area contributed by atoms with Crippen LogP contribution in [0.3, 0.4) is 0 Å². The van der Waals surface area contributed by atoms with Crippen LogP contribution in [-0.2, 0) is 11.2 Å². The van der Waals surface area contributed by atoms with Crippen LogP contribution in [0, 0.1) is 11.3 Å². The summed E-state index contributed by atoms with van der Waals surface area (Å²) in [5.41, 5.74) is 3.66. The average molecular weight is 480 g/mol. The summed E-state index contributed by atoms with van der Waals surface area (Å²) in [5.74, 6) is 0.0582. The van der Waals surface area contributed by atoms with Gasteiger partial charge in [-0.3, -0.25) is 4.79 Å². The van der Waals surface area contributed by atoms with E-state index in [9.17, 15) is 14.7 Å². The van der Waals surface area contributed by atoms with E-state index in [4.69, 9.17) is 14.8 Å². The first-order valence-electron chi connectivity index (χ1n) is 12.0. The van der Waals surface area contributed by atoms with Gasteiger partial charge in [0.25, 0.3) is 0 Å². The van der Waals surface area contributed by atoms with Crippen molar-refractivity contribution >= 4 is 34.6 Å². The molecule has 0 saturated heterocycles. The van der Waals surface area contributed by atoms with E-state index in [0.29, 0.717) is 24.0 Å². The van der Waals surface area contributed by atoms with Gasteiger partial charge in [0.05, 0.1) is 23.7 Å². The third-order valence-corrected chi connectivity index (χ3v) is 6.82. The van der Waals surface area contributed by atoms with E-state index in [-0.39, 0.29) is 23.4 Å². The molecule has 1 fully saturated rings. The summed E-state index contributed by atoms with van der Waals surface area (Å²) >= 11 is 0. The number of methoxy groups -OCH3 is 1. The lowest BCUT2D eigenvalue weighted by molar-refractivity contribution is -0.136. The Balaban J connectivity index is 1.81. The largest absolute Gasteiger partial charge is 0.496 e. The van der Waals surface area contributed by atoms with Gasteiger partial charge >= 0.3 is 11.9 Å². The Morgan fingerprint density at radius 1 is 1.17 bits per heavy atom. The minimum absolute atomic E-state index is 0.0118. The number of hydrogen-bond acceptors (Lipinski definition) is 5. The SMILES string of the molecule is COc1cc2c(cc1CCC(=O)O)nc(Nc1ccc(C(=O)O)cc1)n2[C@H]1C[C@@H](C)CC(C)(C)C1. The summed E-state index contributed by atoms with van der Waals surface area (Å²) in [6, 6.07) is 10.7. The molecule has 0 unspecified atom stereocenters. The quantitative estimate of drug-likeness (QED) is 0.369. The molecule has 2 atom stereocenters. The van der Waals surface area contributed by atoms with Crippen molar-refractivity contribution < 1.29 is 24.5 Å². The number of fused-ring (bicyclic) bond motifs is 1. The molecule has 0 amide bonds. The molecule has 1 aliphatic rings. The maximum absolute atomic E-state index is 11.2. The van der Waals surface area contributed by atoms with Gasteiger partial charge in [0.2, 0.25) is 5.95 Å². The molecule has 1 heterocycles. The van der Waals surface area contributed by atoms with Crippen molar-refractivity contribution in [2.45, 2.75) is 58.9 Å². The molecule has 1 aliphatic carbocycles. The smallest absolute Gasteiger partial charge is 0.335 e. The number of aromatic carboxylic acids is 1. The third kappa shape index (κ3) is 5.42. The second-order valence-electron chi connectivity index (χ2n) is 10.4. The van der Waals surface area contributed by atoms with Crippen molar-refractivity contribution in [3.8, 4) is 5.75 Å². The van der Waals surface area contributed by atoms with E-state index in [2.05, 4.69) is 30.7 Å². The molecule has 1 aromatic heterocycles. The van der Waals surface area contributed by atoms with Gasteiger partial charge in [-0.15, -0.1) is 0 Å². The Morgan fingerprint density at radius 2 is 1.89 bits per heavy atom. The average Bonchev–Trinajstić information content (AvgIpc) is 3.12. The summed E-state index contributed by atoms with van der Waals surface area (Å²) in [4.78, 5) is 27.3. The number of benzene rings is 2. The number of imidazole rings is 1. The Hall–Kier alpha value is -3.55. The molecule has 8 heteroatoms.